The van der Waals surface area contributed by atoms with Crippen molar-refractivity contribution in [3.05, 3.63) is 59.2 Å². The second-order valence-corrected chi connectivity index (χ2v) is 5.18. The first kappa shape index (κ1) is 13.5. The molecule has 4 heteroatoms. The molecule has 1 aliphatic rings. The monoisotopic (exact) mass is 283 g/mol. The fourth-order valence-corrected chi connectivity index (χ4v) is 2.59. The molecule has 0 amide bonds. The number of hydrogen-bond acceptors (Lipinski definition) is 4. The lowest BCUT2D eigenvalue weighted by Gasteiger charge is -2.12. The molecule has 2 aromatic rings. The van der Waals surface area contributed by atoms with Crippen LogP contribution in [0.5, 0.6) is 5.75 Å². The molecule has 0 radical (unpaired) electrons. The minimum Gasteiger partial charge on any atom is -0.493 e. The predicted molar refractivity (Wildman–Crippen MR) is 80.6 cm³/mol. The molecular formula is C17H17NO3. The van der Waals surface area contributed by atoms with Gasteiger partial charge in [0.2, 0.25) is 0 Å². The number of aryl methyl sites for hydroxylation is 1. The minimum absolute atomic E-state index is 0.0791. The van der Waals surface area contributed by atoms with E-state index in [4.69, 9.17) is 15.2 Å². The highest BCUT2D eigenvalue weighted by Crippen LogP contribution is 2.33. The van der Waals surface area contributed by atoms with Crippen molar-refractivity contribution in [3.63, 3.8) is 0 Å². The Morgan fingerprint density at radius 3 is 2.90 bits per heavy atom. The van der Waals surface area contributed by atoms with Crippen LogP contribution >= 0.6 is 0 Å². The third kappa shape index (κ3) is 2.57. The number of carbonyl (C=O) groups excluding carboxylic acids is 1. The first-order chi connectivity index (χ1) is 10.2. The third-order valence-electron chi connectivity index (χ3n) is 3.72. The van der Waals surface area contributed by atoms with Gasteiger partial charge in [0.25, 0.3) is 0 Å². The summed E-state index contributed by atoms with van der Waals surface area (Å²) in [5, 5.41) is 0. The highest BCUT2D eigenvalue weighted by atomic mass is 16.5. The Balaban J connectivity index is 1.70. The van der Waals surface area contributed by atoms with Crippen LogP contribution in [0.4, 0.5) is 5.69 Å². The molecule has 0 saturated heterocycles. The Morgan fingerprint density at radius 1 is 1.29 bits per heavy atom. The Bertz CT molecular complexity index is 661. The van der Waals surface area contributed by atoms with Crippen LogP contribution in [0.25, 0.3) is 0 Å². The minimum atomic E-state index is -0.380. The van der Waals surface area contributed by atoms with Gasteiger partial charge in [-0.1, -0.05) is 30.3 Å². The quantitative estimate of drug-likeness (QED) is 0.695. The standard InChI is InChI=1S/C17H17NO3/c1-11-5-4-7-14(18)16(11)17(19)21-10-12-9-20-15-8-3-2-6-13(12)15/h2-8,12H,9-10,18H2,1H3. The van der Waals surface area contributed by atoms with E-state index in [0.29, 0.717) is 24.5 Å². The van der Waals surface area contributed by atoms with Crippen molar-refractivity contribution in [1.29, 1.82) is 0 Å². The van der Waals surface area contributed by atoms with Crippen molar-refractivity contribution in [2.45, 2.75) is 12.8 Å². The number of para-hydroxylation sites is 1. The van der Waals surface area contributed by atoms with Crippen LogP contribution in [0.1, 0.15) is 27.4 Å². The number of benzene rings is 2. The van der Waals surface area contributed by atoms with E-state index in [1.807, 2.05) is 43.3 Å². The number of nitrogens with two attached hydrogens (primary N) is 1. The average molecular weight is 283 g/mol. The Morgan fingerprint density at radius 2 is 2.10 bits per heavy atom. The second-order valence-electron chi connectivity index (χ2n) is 5.18. The van der Waals surface area contributed by atoms with Crippen LogP contribution in [0.3, 0.4) is 0 Å². The van der Waals surface area contributed by atoms with Gasteiger partial charge in [-0.25, -0.2) is 4.79 Å². The van der Waals surface area contributed by atoms with Crippen molar-refractivity contribution in [2.75, 3.05) is 18.9 Å². The summed E-state index contributed by atoms with van der Waals surface area (Å²) in [4.78, 5) is 12.2. The molecule has 0 aliphatic carbocycles. The molecule has 0 spiro atoms. The molecule has 0 aromatic heterocycles. The first-order valence-corrected chi connectivity index (χ1v) is 6.90. The Hall–Kier alpha value is -2.49. The van der Waals surface area contributed by atoms with Crippen LogP contribution in [0.15, 0.2) is 42.5 Å². The lowest BCUT2D eigenvalue weighted by molar-refractivity contribution is 0.0471. The number of hydrogen-bond donors (Lipinski definition) is 1. The number of rotatable bonds is 3. The summed E-state index contributed by atoms with van der Waals surface area (Å²) in [5.74, 6) is 0.569. The zero-order valence-corrected chi connectivity index (χ0v) is 11.8. The number of ether oxygens (including phenoxy) is 2. The number of anilines is 1. The first-order valence-electron chi connectivity index (χ1n) is 6.90. The summed E-state index contributed by atoms with van der Waals surface area (Å²) in [6, 6.07) is 13.2. The number of carbonyl (C=O) groups is 1. The van der Waals surface area contributed by atoms with E-state index >= 15 is 0 Å². The van der Waals surface area contributed by atoms with E-state index in [1.54, 1.807) is 6.07 Å². The number of esters is 1. The molecule has 2 N–H and O–H groups in total. The molecule has 3 rings (SSSR count). The van der Waals surface area contributed by atoms with Crippen molar-refractivity contribution < 1.29 is 14.3 Å². The van der Waals surface area contributed by atoms with Crippen LogP contribution in [-0.2, 0) is 4.74 Å². The molecule has 0 fully saturated rings. The van der Waals surface area contributed by atoms with Crippen molar-refractivity contribution >= 4 is 11.7 Å². The van der Waals surface area contributed by atoms with Gasteiger partial charge < -0.3 is 15.2 Å². The highest BCUT2D eigenvalue weighted by Gasteiger charge is 2.25. The van der Waals surface area contributed by atoms with Crippen LogP contribution < -0.4 is 10.5 Å². The summed E-state index contributed by atoms with van der Waals surface area (Å²) < 4.78 is 11.0. The van der Waals surface area contributed by atoms with Crippen LogP contribution in [0.2, 0.25) is 0 Å². The predicted octanol–water partition coefficient (Wildman–Crippen LogP) is 2.91. The molecule has 1 unspecified atom stereocenters. The normalized spacial score (nSPS) is 16.1. The van der Waals surface area contributed by atoms with Gasteiger partial charge in [0, 0.05) is 11.3 Å². The van der Waals surface area contributed by atoms with Gasteiger partial charge in [0.1, 0.15) is 12.4 Å². The fraction of sp³-hybridized carbons (Fsp3) is 0.235. The van der Waals surface area contributed by atoms with Gasteiger partial charge in [-0.15, -0.1) is 0 Å². The zero-order chi connectivity index (χ0) is 14.8. The summed E-state index contributed by atoms with van der Waals surface area (Å²) >= 11 is 0. The highest BCUT2D eigenvalue weighted by molar-refractivity contribution is 5.96. The maximum Gasteiger partial charge on any atom is 0.340 e. The molecule has 0 bridgehead atoms. The van der Waals surface area contributed by atoms with E-state index in [9.17, 15) is 4.79 Å². The van der Waals surface area contributed by atoms with E-state index in [-0.39, 0.29) is 11.9 Å². The van der Waals surface area contributed by atoms with E-state index in [1.165, 1.54) is 0 Å². The SMILES string of the molecule is Cc1cccc(N)c1C(=O)OCC1COc2ccccc21. The molecule has 108 valence electrons. The van der Waals surface area contributed by atoms with Gasteiger partial charge in [0.15, 0.2) is 0 Å². The maximum absolute atomic E-state index is 12.2. The summed E-state index contributed by atoms with van der Waals surface area (Å²) in [6.45, 7) is 2.68. The maximum atomic E-state index is 12.2. The lowest BCUT2D eigenvalue weighted by Crippen LogP contribution is -2.16. The lowest BCUT2D eigenvalue weighted by atomic mass is 10.0. The van der Waals surface area contributed by atoms with Crippen LogP contribution in [-0.4, -0.2) is 19.2 Å². The number of fused-ring (bicyclic) bond motifs is 1. The van der Waals surface area contributed by atoms with E-state index < -0.39 is 0 Å². The zero-order valence-electron chi connectivity index (χ0n) is 11.8. The van der Waals surface area contributed by atoms with Gasteiger partial charge in [-0.2, -0.15) is 0 Å². The fourth-order valence-electron chi connectivity index (χ4n) is 2.59. The van der Waals surface area contributed by atoms with Crippen molar-refractivity contribution in [3.8, 4) is 5.75 Å². The Kier molecular flexibility index (Phi) is 3.52. The molecule has 1 heterocycles. The van der Waals surface area contributed by atoms with Gasteiger partial charge >= 0.3 is 5.97 Å². The van der Waals surface area contributed by atoms with Gasteiger partial charge in [-0.3, -0.25) is 0 Å². The summed E-state index contributed by atoms with van der Waals surface area (Å²) in [7, 11) is 0. The molecule has 4 nitrogen and oxygen atoms in total. The molecule has 1 atom stereocenters. The molecular weight excluding hydrogens is 266 g/mol. The third-order valence-corrected chi connectivity index (χ3v) is 3.72. The smallest absolute Gasteiger partial charge is 0.340 e. The van der Waals surface area contributed by atoms with Crippen molar-refractivity contribution in [2.24, 2.45) is 0 Å². The average Bonchev–Trinajstić information content (AvgIpc) is 2.88. The summed E-state index contributed by atoms with van der Waals surface area (Å²) in [6.07, 6.45) is 0. The number of nitrogen functional groups attached to an aromatic ring is 1. The second kappa shape index (κ2) is 5.48. The topological polar surface area (TPSA) is 61.6 Å². The van der Waals surface area contributed by atoms with E-state index in [0.717, 1.165) is 16.9 Å². The Labute approximate surface area is 123 Å². The van der Waals surface area contributed by atoms with Gasteiger partial charge in [-0.05, 0) is 24.6 Å². The largest absolute Gasteiger partial charge is 0.493 e. The molecule has 2 aromatic carbocycles. The molecule has 1 aliphatic heterocycles. The van der Waals surface area contributed by atoms with E-state index in [2.05, 4.69) is 0 Å². The van der Waals surface area contributed by atoms with Gasteiger partial charge in [0.05, 0.1) is 18.1 Å². The van der Waals surface area contributed by atoms with Crippen molar-refractivity contribution in [1.82, 2.24) is 0 Å². The summed E-state index contributed by atoms with van der Waals surface area (Å²) in [5.41, 5.74) is 8.66. The molecule has 0 saturated carbocycles. The van der Waals surface area contributed by atoms with Crippen LogP contribution in [0, 0.1) is 6.92 Å². The molecule has 21 heavy (non-hydrogen) atoms.